The first-order valence-electron chi connectivity index (χ1n) is 8.29. The quantitative estimate of drug-likeness (QED) is 0.736. The SMILES string of the molecule is COc1cc(OC)c2c(c1Br)CC(C)N(Cc1ccccc1)C2C. The summed E-state index contributed by atoms with van der Waals surface area (Å²) in [6.45, 7) is 5.50. The summed E-state index contributed by atoms with van der Waals surface area (Å²) in [5.74, 6) is 1.74. The van der Waals surface area contributed by atoms with Crippen LogP contribution in [0.4, 0.5) is 0 Å². The van der Waals surface area contributed by atoms with E-state index in [1.807, 2.05) is 6.07 Å². The summed E-state index contributed by atoms with van der Waals surface area (Å²) in [5, 5.41) is 0. The summed E-state index contributed by atoms with van der Waals surface area (Å²) >= 11 is 3.73. The zero-order chi connectivity index (χ0) is 17.3. The third-order valence-corrected chi connectivity index (χ3v) is 5.83. The summed E-state index contributed by atoms with van der Waals surface area (Å²) in [6.07, 6.45) is 0.973. The van der Waals surface area contributed by atoms with Gasteiger partial charge in [-0.3, -0.25) is 4.90 Å². The lowest BCUT2D eigenvalue weighted by Gasteiger charge is -2.41. The Kier molecular flexibility index (Phi) is 5.16. The minimum absolute atomic E-state index is 0.279. The van der Waals surface area contributed by atoms with E-state index in [1.54, 1.807) is 14.2 Å². The fraction of sp³-hybridized carbons (Fsp3) is 0.400. The van der Waals surface area contributed by atoms with Crippen molar-refractivity contribution in [3.05, 3.63) is 57.6 Å². The Morgan fingerprint density at radius 3 is 2.38 bits per heavy atom. The maximum absolute atomic E-state index is 5.69. The normalized spacial score (nSPS) is 20.5. The lowest BCUT2D eigenvalue weighted by molar-refractivity contribution is 0.126. The number of nitrogens with zero attached hydrogens (tertiary/aromatic N) is 1. The van der Waals surface area contributed by atoms with Crippen LogP contribution in [0.25, 0.3) is 0 Å². The minimum Gasteiger partial charge on any atom is -0.496 e. The molecule has 24 heavy (non-hydrogen) atoms. The molecule has 0 radical (unpaired) electrons. The topological polar surface area (TPSA) is 21.7 Å². The van der Waals surface area contributed by atoms with Gasteiger partial charge in [-0.2, -0.15) is 0 Å². The maximum atomic E-state index is 5.69. The van der Waals surface area contributed by atoms with Gasteiger partial charge in [-0.25, -0.2) is 0 Å². The molecule has 2 aromatic rings. The predicted octanol–water partition coefficient (Wildman–Crippen LogP) is 4.97. The van der Waals surface area contributed by atoms with E-state index in [0.717, 1.165) is 28.9 Å². The Morgan fingerprint density at radius 2 is 1.75 bits per heavy atom. The van der Waals surface area contributed by atoms with Crippen molar-refractivity contribution in [2.24, 2.45) is 0 Å². The number of ether oxygens (including phenoxy) is 2. The molecule has 0 aromatic heterocycles. The van der Waals surface area contributed by atoms with Crippen LogP contribution in [-0.4, -0.2) is 25.2 Å². The molecule has 0 bridgehead atoms. The van der Waals surface area contributed by atoms with Crippen molar-refractivity contribution in [1.82, 2.24) is 4.90 Å². The summed E-state index contributed by atoms with van der Waals surface area (Å²) in [6, 6.07) is 13.4. The van der Waals surface area contributed by atoms with Crippen LogP contribution >= 0.6 is 15.9 Å². The number of benzene rings is 2. The molecule has 2 atom stereocenters. The standard InChI is InChI=1S/C20H24BrNO2/c1-13-10-16-19(17(23-3)11-18(24-4)20(16)21)14(2)22(13)12-15-8-6-5-7-9-15/h5-9,11,13-14H,10,12H2,1-4H3. The van der Waals surface area contributed by atoms with Crippen molar-refractivity contribution in [1.29, 1.82) is 0 Å². The number of hydrogen-bond donors (Lipinski definition) is 0. The van der Waals surface area contributed by atoms with Crippen molar-refractivity contribution < 1.29 is 9.47 Å². The third-order valence-electron chi connectivity index (χ3n) is 4.96. The molecule has 0 aliphatic carbocycles. The molecule has 3 rings (SSSR count). The van der Waals surface area contributed by atoms with Gasteiger partial charge >= 0.3 is 0 Å². The highest BCUT2D eigenvalue weighted by molar-refractivity contribution is 9.10. The van der Waals surface area contributed by atoms with E-state index in [0.29, 0.717) is 6.04 Å². The second-order valence-electron chi connectivity index (χ2n) is 6.37. The lowest BCUT2D eigenvalue weighted by atomic mass is 9.88. The Hall–Kier alpha value is -1.52. The van der Waals surface area contributed by atoms with Crippen LogP contribution in [0.2, 0.25) is 0 Å². The molecule has 0 saturated carbocycles. The largest absolute Gasteiger partial charge is 0.496 e. The number of rotatable bonds is 4. The number of hydrogen-bond acceptors (Lipinski definition) is 3. The molecule has 4 heteroatoms. The van der Waals surface area contributed by atoms with Gasteiger partial charge in [0.2, 0.25) is 0 Å². The van der Waals surface area contributed by atoms with E-state index in [1.165, 1.54) is 16.7 Å². The van der Waals surface area contributed by atoms with Crippen molar-refractivity contribution in [2.75, 3.05) is 14.2 Å². The fourth-order valence-electron chi connectivity index (χ4n) is 3.70. The molecule has 0 saturated heterocycles. The minimum atomic E-state index is 0.279. The average molecular weight is 390 g/mol. The van der Waals surface area contributed by atoms with Gasteiger partial charge in [0.05, 0.1) is 18.7 Å². The van der Waals surface area contributed by atoms with E-state index in [9.17, 15) is 0 Å². The predicted molar refractivity (Wildman–Crippen MR) is 101 cm³/mol. The number of halogens is 1. The van der Waals surface area contributed by atoms with Gasteiger partial charge in [-0.1, -0.05) is 30.3 Å². The highest BCUT2D eigenvalue weighted by atomic mass is 79.9. The first-order chi connectivity index (χ1) is 11.6. The Morgan fingerprint density at radius 1 is 1.08 bits per heavy atom. The van der Waals surface area contributed by atoms with Gasteiger partial charge < -0.3 is 9.47 Å². The zero-order valence-electron chi connectivity index (χ0n) is 14.7. The fourth-order valence-corrected chi connectivity index (χ4v) is 4.35. The van der Waals surface area contributed by atoms with E-state index in [4.69, 9.17) is 9.47 Å². The van der Waals surface area contributed by atoms with Crippen LogP contribution < -0.4 is 9.47 Å². The van der Waals surface area contributed by atoms with Crippen LogP contribution in [-0.2, 0) is 13.0 Å². The van der Waals surface area contributed by atoms with Crippen LogP contribution in [0, 0.1) is 0 Å². The van der Waals surface area contributed by atoms with E-state index in [-0.39, 0.29) is 6.04 Å². The smallest absolute Gasteiger partial charge is 0.137 e. The molecule has 128 valence electrons. The molecule has 0 spiro atoms. The van der Waals surface area contributed by atoms with Crippen molar-refractivity contribution in [2.45, 2.75) is 38.9 Å². The molecule has 2 unspecified atom stereocenters. The average Bonchev–Trinajstić information content (AvgIpc) is 2.60. The molecule has 0 fully saturated rings. The first kappa shape index (κ1) is 17.3. The highest BCUT2D eigenvalue weighted by Crippen LogP contribution is 2.46. The molecular formula is C20H24BrNO2. The zero-order valence-corrected chi connectivity index (χ0v) is 16.3. The van der Waals surface area contributed by atoms with Crippen molar-refractivity contribution >= 4 is 15.9 Å². The third kappa shape index (κ3) is 3.05. The molecule has 0 N–H and O–H groups in total. The molecule has 3 nitrogen and oxygen atoms in total. The van der Waals surface area contributed by atoms with Crippen LogP contribution in [0.3, 0.4) is 0 Å². The van der Waals surface area contributed by atoms with Gasteiger partial charge in [0.1, 0.15) is 11.5 Å². The lowest BCUT2D eigenvalue weighted by Crippen LogP contribution is -2.40. The Labute approximate surface area is 152 Å². The monoisotopic (exact) mass is 389 g/mol. The summed E-state index contributed by atoms with van der Waals surface area (Å²) in [4.78, 5) is 2.54. The number of methoxy groups -OCH3 is 2. The first-order valence-corrected chi connectivity index (χ1v) is 9.09. The van der Waals surface area contributed by atoms with E-state index in [2.05, 4.69) is 65.0 Å². The molecule has 1 heterocycles. The Balaban J connectivity index is 2.02. The molecule has 0 amide bonds. The molecule has 2 aromatic carbocycles. The van der Waals surface area contributed by atoms with Crippen molar-refractivity contribution in [3.8, 4) is 11.5 Å². The molecule has 1 aliphatic heterocycles. The van der Waals surface area contributed by atoms with Crippen LogP contribution in [0.15, 0.2) is 40.9 Å². The van der Waals surface area contributed by atoms with Crippen LogP contribution in [0.5, 0.6) is 11.5 Å². The Bertz CT molecular complexity index is 717. The second kappa shape index (κ2) is 7.16. The van der Waals surface area contributed by atoms with E-state index < -0.39 is 0 Å². The van der Waals surface area contributed by atoms with Gasteiger partial charge in [0.25, 0.3) is 0 Å². The van der Waals surface area contributed by atoms with Gasteiger partial charge in [-0.05, 0) is 47.3 Å². The van der Waals surface area contributed by atoms with Crippen LogP contribution in [0.1, 0.15) is 36.6 Å². The summed E-state index contributed by atoms with van der Waals surface area (Å²) < 4.78 is 12.2. The van der Waals surface area contributed by atoms with Gasteiger partial charge in [0, 0.05) is 30.3 Å². The summed E-state index contributed by atoms with van der Waals surface area (Å²) in [5.41, 5.74) is 3.90. The summed E-state index contributed by atoms with van der Waals surface area (Å²) in [7, 11) is 3.43. The maximum Gasteiger partial charge on any atom is 0.137 e. The van der Waals surface area contributed by atoms with Gasteiger partial charge in [-0.15, -0.1) is 0 Å². The molecular weight excluding hydrogens is 366 g/mol. The molecule has 1 aliphatic rings. The van der Waals surface area contributed by atoms with Crippen molar-refractivity contribution in [3.63, 3.8) is 0 Å². The number of fused-ring (bicyclic) bond motifs is 1. The second-order valence-corrected chi connectivity index (χ2v) is 7.17. The van der Waals surface area contributed by atoms with E-state index >= 15 is 0 Å². The van der Waals surface area contributed by atoms with Gasteiger partial charge in [0.15, 0.2) is 0 Å². The highest BCUT2D eigenvalue weighted by Gasteiger charge is 2.34.